The van der Waals surface area contributed by atoms with Gasteiger partial charge in [-0.05, 0) is 24.8 Å². The lowest BCUT2D eigenvalue weighted by Gasteiger charge is -1.93. The minimum absolute atomic E-state index is 0.340. The van der Waals surface area contributed by atoms with Crippen molar-refractivity contribution in [3.63, 3.8) is 0 Å². The van der Waals surface area contributed by atoms with E-state index in [1.54, 1.807) is 0 Å². The van der Waals surface area contributed by atoms with E-state index in [0.29, 0.717) is 12.2 Å². The first-order valence-electron chi connectivity index (χ1n) is 5.57. The summed E-state index contributed by atoms with van der Waals surface area (Å²) >= 11 is 0. The van der Waals surface area contributed by atoms with Gasteiger partial charge in [-0.1, -0.05) is 40.7 Å². The van der Waals surface area contributed by atoms with Crippen LogP contribution in [0.1, 0.15) is 60.3 Å². The van der Waals surface area contributed by atoms with Gasteiger partial charge in [-0.25, -0.2) is 0 Å². The zero-order valence-electron chi connectivity index (χ0n) is 9.81. The lowest BCUT2D eigenvalue weighted by atomic mass is 10.1. The largest absolute Gasteiger partial charge is 0.295 e. The summed E-state index contributed by atoms with van der Waals surface area (Å²) in [4.78, 5) is 10.9. The number of rotatable bonds is 2. The van der Waals surface area contributed by atoms with Crippen LogP contribution in [-0.4, -0.2) is 5.78 Å². The maximum absolute atomic E-state index is 10.9. The van der Waals surface area contributed by atoms with Gasteiger partial charge in [-0.15, -0.1) is 0 Å². The third kappa shape index (κ3) is 6.56. The van der Waals surface area contributed by atoms with E-state index in [2.05, 4.69) is 6.08 Å². The predicted octanol–water partition coefficient (Wildman–Crippen LogP) is 4.13. The van der Waals surface area contributed by atoms with Crippen molar-refractivity contribution < 1.29 is 4.79 Å². The fourth-order valence-electron chi connectivity index (χ4n) is 1.15. The van der Waals surface area contributed by atoms with Crippen LogP contribution in [0.2, 0.25) is 0 Å². The normalized spacial score (nSPS) is 13.2. The van der Waals surface area contributed by atoms with Crippen LogP contribution in [0.25, 0.3) is 0 Å². The molecule has 0 bridgehead atoms. The van der Waals surface area contributed by atoms with E-state index in [4.69, 9.17) is 0 Å². The number of Topliss-reactive ketones (excluding diaryl/α,β-unsaturated/α-hetero) is 1. The molecule has 1 aliphatic carbocycles. The molecule has 0 atom stereocenters. The van der Waals surface area contributed by atoms with E-state index in [0.717, 1.165) is 18.4 Å². The average molecular weight is 184 g/mol. The number of carbonyl (C=O) groups excluding carboxylic acids is 1. The molecular weight excluding hydrogens is 160 g/mol. The van der Waals surface area contributed by atoms with Crippen LogP contribution in [-0.2, 0) is 4.79 Å². The highest BCUT2D eigenvalue weighted by Crippen LogP contribution is 2.18. The highest BCUT2D eigenvalue weighted by Gasteiger charge is 2.09. The minimum Gasteiger partial charge on any atom is -0.295 e. The summed E-state index contributed by atoms with van der Waals surface area (Å²) in [6.45, 7) is 9.92. The molecule has 78 valence electrons. The zero-order chi connectivity index (χ0) is 10.7. The molecule has 0 aromatic rings. The molecule has 0 aromatic carbocycles. The molecule has 0 aromatic heterocycles. The summed E-state index contributed by atoms with van der Waals surface area (Å²) in [7, 11) is 0. The fraction of sp³-hybridized carbons (Fsp3) is 0.750. The van der Waals surface area contributed by atoms with Crippen molar-refractivity contribution in [3.05, 3.63) is 11.6 Å². The summed E-state index contributed by atoms with van der Waals surface area (Å²) in [5.41, 5.74) is 1.07. The molecule has 0 unspecified atom stereocenters. The molecule has 0 saturated carbocycles. The van der Waals surface area contributed by atoms with Gasteiger partial charge < -0.3 is 0 Å². The van der Waals surface area contributed by atoms with E-state index in [1.807, 2.05) is 34.6 Å². The number of allylic oxidation sites excluding steroid dienone is 2. The second kappa shape index (κ2) is 11.4. The van der Waals surface area contributed by atoms with Crippen molar-refractivity contribution in [1.82, 2.24) is 0 Å². The topological polar surface area (TPSA) is 17.1 Å². The van der Waals surface area contributed by atoms with Crippen molar-refractivity contribution in [2.75, 3.05) is 0 Å². The van der Waals surface area contributed by atoms with Crippen molar-refractivity contribution in [2.45, 2.75) is 60.3 Å². The highest BCUT2D eigenvalue weighted by atomic mass is 16.1. The standard InChI is InChI=1S/C8H12O.2C2H6/c1-2-8(9)7-5-3-4-6-7;2*1-2/h5H,2-4,6H2,1H3;2*1-2H3. The fourth-order valence-corrected chi connectivity index (χ4v) is 1.15. The Kier molecular flexibility index (Phi) is 13.1. The van der Waals surface area contributed by atoms with E-state index >= 15 is 0 Å². The molecule has 0 radical (unpaired) electrons. The second-order valence-corrected chi connectivity index (χ2v) is 2.40. The zero-order valence-corrected chi connectivity index (χ0v) is 9.81. The van der Waals surface area contributed by atoms with E-state index in [-0.39, 0.29) is 0 Å². The highest BCUT2D eigenvalue weighted by molar-refractivity contribution is 5.95. The van der Waals surface area contributed by atoms with Crippen LogP contribution < -0.4 is 0 Å². The Balaban J connectivity index is 0. The SMILES string of the molecule is CC.CC.CCC(=O)C1=CCCC1. The van der Waals surface area contributed by atoms with Crippen LogP contribution in [0.15, 0.2) is 11.6 Å². The van der Waals surface area contributed by atoms with Gasteiger partial charge in [0.15, 0.2) is 5.78 Å². The smallest absolute Gasteiger partial charge is 0.158 e. The molecule has 13 heavy (non-hydrogen) atoms. The summed E-state index contributed by atoms with van der Waals surface area (Å²) in [6.07, 6.45) is 6.06. The third-order valence-corrected chi connectivity index (χ3v) is 1.72. The third-order valence-electron chi connectivity index (χ3n) is 1.72. The van der Waals surface area contributed by atoms with Gasteiger partial charge in [0.05, 0.1) is 0 Å². The number of carbonyl (C=O) groups is 1. The van der Waals surface area contributed by atoms with Crippen LogP contribution >= 0.6 is 0 Å². The predicted molar refractivity (Wildman–Crippen MR) is 59.9 cm³/mol. The number of hydrogen-bond donors (Lipinski definition) is 0. The Hall–Kier alpha value is -0.590. The minimum atomic E-state index is 0.340. The molecule has 0 spiro atoms. The Bertz CT molecular complexity index is 145. The Labute approximate surface area is 83.2 Å². The van der Waals surface area contributed by atoms with Crippen LogP contribution in [0.5, 0.6) is 0 Å². The van der Waals surface area contributed by atoms with E-state index < -0.39 is 0 Å². The first kappa shape index (κ1) is 14.9. The molecule has 0 aliphatic heterocycles. The van der Waals surface area contributed by atoms with Gasteiger partial charge in [-0.2, -0.15) is 0 Å². The monoisotopic (exact) mass is 184 g/mol. The number of hydrogen-bond acceptors (Lipinski definition) is 1. The number of ketones is 1. The van der Waals surface area contributed by atoms with Crippen LogP contribution in [0, 0.1) is 0 Å². The van der Waals surface area contributed by atoms with Gasteiger partial charge >= 0.3 is 0 Å². The second-order valence-electron chi connectivity index (χ2n) is 2.40. The molecule has 1 rings (SSSR count). The molecule has 0 saturated heterocycles. The Morgan fingerprint density at radius 2 is 1.85 bits per heavy atom. The van der Waals surface area contributed by atoms with E-state index in [9.17, 15) is 4.79 Å². The van der Waals surface area contributed by atoms with Crippen LogP contribution in [0.3, 0.4) is 0 Å². The van der Waals surface area contributed by atoms with Crippen LogP contribution in [0.4, 0.5) is 0 Å². The average Bonchev–Trinajstić information content (AvgIpc) is 2.76. The lowest BCUT2D eigenvalue weighted by molar-refractivity contribution is -0.115. The maximum Gasteiger partial charge on any atom is 0.158 e. The molecule has 1 aliphatic rings. The van der Waals surface area contributed by atoms with Gasteiger partial charge in [-0.3, -0.25) is 4.79 Å². The summed E-state index contributed by atoms with van der Waals surface area (Å²) < 4.78 is 0. The van der Waals surface area contributed by atoms with Gasteiger partial charge in [0.1, 0.15) is 0 Å². The summed E-state index contributed by atoms with van der Waals surface area (Å²) in [6, 6.07) is 0. The molecule has 1 nitrogen and oxygen atoms in total. The van der Waals surface area contributed by atoms with Gasteiger partial charge in [0.2, 0.25) is 0 Å². The van der Waals surface area contributed by atoms with Crippen molar-refractivity contribution >= 4 is 5.78 Å². The van der Waals surface area contributed by atoms with Crippen molar-refractivity contribution in [2.24, 2.45) is 0 Å². The molecule has 0 N–H and O–H groups in total. The van der Waals surface area contributed by atoms with Gasteiger partial charge in [0, 0.05) is 6.42 Å². The molecule has 0 heterocycles. The first-order valence-corrected chi connectivity index (χ1v) is 5.57. The molecular formula is C12H24O. The molecule has 0 fully saturated rings. The Morgan fingerprint density at radius 1 is 1.31 bits per heavy atom. The van der Waals surface area contributed by atoms with Gasteiger partial charge in [0.25, 0.3) is 0 Å². The van der Waals surface area contributed by atoms with Crippen molar-refractivity contribution in [3.8, 4) is 0 Å². The molecule has 0 amide bonds. The maximum atomic E-state index is 10.9. The molecule has 1 heteroatoms. The lowest BCUT2D eigenvalue weighted by Crippen LogP contribution is -1.96. The van der Waals surface area contributed by atoms with Crippen molar-refractivity contribution in [1.29, 1.82) is 0 Å². The van der Waals surface area contributed by atoms with E-state index in [1.165, 1.54) is 6.42 Å². The quantitative estimate of drug-likeness (QED) is 0.630. The summed E-state index contributed by atoms with van der Waals surface area (Å²) in [5.74, 6) is 0.340. The summed E-state index contributed by atoms with van der Waals surface area (Å²) in [5, 5.41) is 0. The first-order chi connectivity index (χ1) is 6.34. The Morgan fingerprint density at radius 3 is 2.15 bits per heavy atom.